The number of carbonyl (C=O) groups is 2. The van der Waals surface area contributed by atoms with E-state index in [1.807, 2.05) is 0 Å². The smallest absolute Gasteiger partial charge is 0.337 e. The van der Waals surface area contributed by atoms with Crippen LogP contribution in [0.2, 0.25) is 0 Å². The summed E-state index contributed by atoms with van der Waals surface area (Å²) in [5.41, 5.74) is 2.46. The van der Waals surface area contributed by atoms with Crippen LogP contribution in [-0.4, -0.2) is 30.5 Å². The summed E-state index contributed by atoms with van der Waals surface area (Å²) in [4.78, 5) is 27.7. The molecule has 0 radical (unpaired) electrons. The highest BCUT2D eigenvalue weighted by Crippen LogP contribution is 2.17. The lowest BCUT2D eigenvalue weighted by atomic mass is 10.1. The minimum absolute atomic E-state index is 0.141. The molecule has 0 aliphatic rings. The van der Waals surface area contributed by atoms with E-state index in [-0.39, 0.29) is 11.9 Å². The molecule has 0 saturated carbocycles. The highest BCUT2D eigenvalue weighted by Gasteiger charge is 2.08. The Morgan fingerprint density at radius 1 is 1.08 bits per heavy atom. The largest absolute Gasteiger partial charge is 0.465 e. The Balaban J connectivity index is 2.01. The first-order chi connectivity index (χ1) is 12.0. The van der Waals surface area contributed by atoms with Gasteiger partial charge in [0, 0.05) is 18.4 Å². The van der Waals surface area contributed by atoms with Crippen LogP contribution in [0.25, 0.3) is 0 Å². The van der Waals surface area contributed by atoms with Crippen LogP contribution >= 0.6 is 0 Å². The summed E-state index contributed by atoms with van der Waals surface area (Å²) >= 11 is 0. The maximum absolute atomic E-state index is 12.2. The van der Waals surface area contributed by atoms with Gasteiger partial charge in [-0.1, -0.05) is 13.8 Å². The second kappa shape index (κ2) is 8.82. The molecule has 0 atom stereocenters. The van der Waals surface area contributed by atoms with Crippen molar-refractivity contribution in [3.05, 3.63) is 53.9 Å². The average molecular weight is 341 g/mol. The zero-order valence-electron chi connectivity index (χ0n) is 14.7. The summed E-state index contributed by atoms with van der Waals surface area (Å²) in [6, 6.07) is 8.61. The highest BCUT2D eigenvalue weighted by atomic mass is 16.5. The Morgan fingerprint density at radius 2 is 1.80 bits per heavy atom. The van der Waals surface area contributed by atoms with Crippen LogP contribution in [0, 0.1) is 5.92 Å². The van der Waals surface area contributed by atoms with Crippen LogP contribution in [0.3, 0.4) is 0 Å². The Labute approximate surface area is 147 Å². The predicted octanol–water partition coefficient (Wildman–Crippen LogP) is 3.39. The van der Waals surface area contributed by atoms with Gasteiger partial charge in [-0.25, -0.2) is 4.79 Å². The first-order valence-electron chi connectivity index (χ1n) is 8.18. The van der Waals surface area contributed by atoms with Crippen molar-refractivity contribution in [1.82, 2.24) is 10.3 Å². The van der Waals surface area contributed by atoms with E-state index in [0.717, 1.165) is 12.1 Å². The lowest BCUT2D eigenvalue weighted by Crippen LogP contribution is -2.25. The number of rotatable bonds is 7. The van der Waals surface area contributed by atoms with Gasteiger partial charge in [-0.3, -0.25) is 9.78 Å². The van der Waals surface area contributed by atoms with Crippen LogP contribution in [-0.2, 0) is 4.74 Å². The number of methoxy groups -OCH3 is 1. The number of amides is 1. The molecule has 0 bridgehead atoms. The third-order valence-electron chi connectivity index (χ3n) is 3.60. The van der Waals surface area contributed by atoms with Crippen molar-refractivity contribution in [3.63, 3.8) is 0 Å². The first kappa shape index (κ1) is 18.4. The summed E-state index contributed by atoms with van der Waals surface area (Å²) in [5.74, 6) is 0.0190. The van der Waals surface area contributed by atoms with Crippen molar-refractivity contribution in [2.75, 3.05) is 19.0 Å². The molecule has 2 N–H and O–H groups in total. The number of nitrogens with one attached hydrogen (secondary N) is 2. The van der Waals surface area contributed by atoms with Gasteiger partial charge >= 0.3 is 5.97 Å². The molecule has 1 aromatic heterocycles. The van der Waals surface area contributed by atoms with Gasteiger partial charge in [-0.15, -0.1) is 0 Å². The van der Waals surface area contributed by atoms with Crippen molar-refractivity contribution in [2.45, 2.75) is 20.3 Å². The third-order valence-corrected chi connectivity index (χ3v) is 3.60. The fourth-order valence-electron chi connectivity index (χ4n) is 2.18. The number of hydrogen-bond acceptors (Lipinski definition) is 5. The average Bonchev–Trinajstić information content (AvgIpc) is 2.61. The fourth-order valence-corrected chi connectivity index (χ4v) is 2.18. The van der Waals surface area contributed by atoms with E-state index >= 15 is 0 Å². The molecular weight excluding hydrogens is 318 g/mol. The monoisotopic (exact) mass is 341 g/mol. The van der Waals surface area contributed by atoms with E-state index < -0.39 is 0 Å². The van der Waals surface area contributed by atoms with Gasteiger partial charge in [0.05, 0.1) is 30.1 Å². The molecule has 2 rings (SSSR count). The molecule has 1 amide bonds. The van der Waals surface area contributed by atoms with Crippen LogP contribution in [0.5, 0.6) is 0 Å². The first-order valence-corrected chi connectivity index (χ1v) is 8.18. The van der Waals surface area contributed by atoms with Crippen LogP contribution < -0.4 is 10.6 Å². The number of aromatic nitrogens is 1. The predicted molar refractivity (Wildman–Crippen MR) is 97.1 cm³/mol. The number of esters is 1. The Morgan fingerprint density at radius 3 is 2.44 bits per heavy atom. The summed E-state index contributed by atoms with van der Waals surface area (Å²) in [6.07, 6.45) is 4.11. The van der Waals surface area contributed by atoms with Crippen molar-refractivity contribution in [1.29, 1.82) is 0 Å². The number of nitrogens with zero attached hydrogens (tertiary/aromatic N) is 1. The Bertz CT molecular complexity index is 727. The summed E-state index contributed by atoms with van der Waals surface area (Å²) in [6.45, 7) is 4.87. The van der Waals surface area contributed by atoms with Gasteiger partial charge < -0.3 is 15.4 Å². The number of carbonyl (C=O) groups excluding carboxylic acids is 2. The molecule has 0 aliphatic heterocycles. The summed E-state index contributed by atoms with van der Waals surface area (Å²) in [7, 11) is 1.35. The summed E-state index contributed by atoms with van der Waals surface area (Å²) in [5, 5.41) is 6.05. The molecule has 2 aromatic rings. The van der Waals surface area contributed by atoms with Crippen molar-refractivity contribution < 1.29 is 14.3 Å². The van der Waals surface area contributed by atoms with Crippen molar-refractivity contribution in [2.24, 2.45) is 5.92 Å². The standard InChI is InChI=1S/C19H23N3O3/c1-13(2)8-9-21-18(23)15-10-17(12-20-11-15)22-16-6-4-14(5-7-16)19(24)25-3/h4-7,10-13,22H,8-9H2,1-3H3,(H,21,23). The molecule has 1 heterocycles. The molecule has 0 saturated heterocycles. The normalized spacial score (nSPS) is 10.4. The van der Waals surface area contributed by atoms with Crippen LogP contribution in [0.1, 0.15) is 41.0 Å². The second-order valence-corrected chi connectivity index (χ2v) is 6.09. The lowest BCUT2D eigenvalue weighted by Gasteiger charge is -2.10. The van der Waals surface area contributed by atoms with Gasteiger partial charge in [0.1, 0.15) is 0 Å². The molecule has 132 valence electrons. The molecule has 6 nitrogen and oxygen atoms in total. The molecule has 0 aliphatic carbocycles. The van der Waals surface area contributed by atoms with Gasteiger partial charge in [0.25, 0.3) is 5.91 Å². The van der Waals surface area contributed by atoms with E-state index in [4.69, 9.17) is 0 Å². The number of benzene rings is 1. The zero-order valence-corrected chi connectivity index (χ0v) is 14.7. The van der Waals surface area contributed by atoms with E-state index in [2.05, 4.69) is 34.2 Å². The van der Waals surface area contributed by atoms with Gasteiger partial charge in [-0.2, -0.15) is 0 Å². The molecular formula is C19H23N3O3. The quantitative estimate of drug-likeness (QED) is 0.755. The van der Waals surface area contributed by atoms with Crippen LogP contribution in [0.4, 0.5) is 11.4 Å². The number of anilines is 2. The number of pyridine rings is 1. The minimum Gasteiger partial charge on any atom is -0.465 e. The minimum atomic E-state index is -0.381. The third kappa shape index (κ3) is 5.60. The van der Waals surface area contributed by atoms with Gasteiger partial charge in [0.2, 0.25) is 0 Å². The number of ether oxygens (including phenoxy) is 1. The van der Waals surface area contributed by atoms with Crippen molar-refractivity contribution >= 4 is 23.3 Å². The SMILES string of the molecule is COC(=O)c1ccc(Nc2cncc(C(=O)NCCC(C)C)c2)cc1. The molecule has 0 spiro atoms. The topological polar surface area (TPSA) is 80.3 Å². The van der Waals surface area contributed by atoms with E-state index in [1.165, 1.54) is 13.3 Å². The zero-order chi connectivity index (χ0) is 18.2. The van der Waals surface area contributed by atoms with E-state index in [9.17, 15) is 9.59 Å². The lowest BCUT2D eigenvalue weighted by molar-refractivity contribution is 0.0600. The Kier molecular flexibility index (Phi) is 6.51. The van der Waals surface area contributed by atoms with Crippen LogP contribution in [0.15, 0.2) is 42.7 Å². The maximum atomic E-state index is 12.2. The summed E-state index contributed by atoms with van der Waals surface area (Å²) < 4.78 is 4.67. The molecule has 0 unspecified atom stereocenters. The van der Waals surface area contributed by atoms with Gasteiger partial charge in [-0.05, 0) is 42.7 Å². The fraction of sp³-hybridized carbons (Fsp3) is 0.316. The highest BCUT2D eigenvalue weighted by molar-refractivity contribution is 5.95. The number of hydrogen-bond donors (Lipinski definition) is 2. The molecule has 1 aromatic carbocycles. The molecule has 6 heteroatoms. The maximum Gasteiger partial charge on any atom is 0.337 e. The molecule has 25 heavy (non-hydrogen) atoms. The van der Waals surface area contributed by atoms with E-state index in [0.29, 0.717) is 29.3 Å². The van der Waals surface area contributed by atoms with Crippen molar-refractivity contribution in [3.8, 4) is 0 Å². The Hall–Kier alpha value is -2.89. The van der Waals surface area contributed by atoms with E-state index in [1.54, 1.807) is 36.5 Å². The molecule has 0 fully saturated rings. The second-order valence-electron chi connectivity index (χ2n) is 6.09. The van der Waals surface area contributed by atoms with Gasteiger partial charge in [0.15, 0.2) is 0 Å².